The molecule has 4 aromatic carbocycles. The molecule has 0 aromatic heterocycles. The lowest BCUT2D eigenvalue weighted by Gasteiger charge is -2.39. The number of phenolic OH excluding ortho intramolecular Hbond substituents is 2. The molecule has 5 rings (SSSR count). The first-order chi connectivity index (χ1) is 15.9. The Morgan fingerprint density at radius 3 is 2.15 bits per heavy atom. The van der Waals surface area contributed by atoms with Gasteiger partial charge in [0.2, 0.25) is 0 Å². The molecule has 1 atom stereocenters. The van der Waals surface area contributed by atoms with Crippen LogP contribution in [0.1, 0.15) is 24.9 Å². The smallest absolute Gasteiger partial charge is 0.264 e. The van der Waals surface area contributed by atoms with Gasteiger partial charge in [-0.3, -0.25) is 4.31 Å². The minimum atomic E-state index is -3.91. The monoisotopic (exact) mass is 457 g/mol. The van der Waals surface area contributed by atoms with Crippen molar-refractivity contribution in [3.8, 4) is 33.8 Å². The quantitative estimate of drug-likeness (QED) is 0.389. The van der Waals surface area contributed by atoms with Crippen LogP contribution in [0.5, 0.6) is 11.5 Å². The van der Waals surface area contributed by atoms with Gasteiger partial charge in [0.1, 0.15) is 11.5 Å². The number of benzene rings is 4. The fourth-order valence-electron chi connectivity index (χ4n) is 4.57. The van der Waals surface area contributed by atoms with Crippen molar-refractivity contribution in [2.45, 2.75) is 24.3 Å². The summed E-state index contributed by atoms with van der Waals surface area (Å²) in [6.45, 7) is 1.97. The molecule has 0 saturated carbocycles. The average molecular weight is 458 g/mol. The van der Waals surface area contributed by atoms with E-state index >= 15 is 0 Å². The van der Waals surface area contributed by atoms with Crippen molar-refractivity contribution >= 4 is 15.7 Å². The van der Waals surface area contributed by atoms with E-state index in [1.54, 1.807) is 12.1 Å². The molecule has 1 aliphatic rings. The highest BCUT2D eigenvalue weighted by atomic mass is 32.2. The lowest BCUT2D eigenvalue weighted by atomic mass is 9.87. The number of anilines is 1. The first-order valence-corrected chi connectivity index (χ1v) is 12.2. The Morgan fingerprint density at radius 1 is 0.788 bits per heavy atom. The van der Waals surface area contributed by atoms with Crippen molar-refractivity contribution in [2.24, 2.45) is 0 Å². The molecule has 2 N–H and O–H groups in total. The van der Waals surface area contributed by atoms with Gasteiger partial charge < -0.3 is 10.2 Å². The number of aromatic hydroxyl groups is 2. The van der Waals surface area contributed by atoms with Gasteiger partial charge in [-0.25, -0.2) is 8.42 Å². The number of rotatable bonds is 4. The predicted molar refractivity (Wildman–Crippen MR) is 130 cm³/mol. The van der Waals surface area contributed by atoms with Crippen LogP contribution in [-0.2, 0) is 10.0 Å². The van der Waals surface area contributed by atoms with Gasteiger partial charge in [-0.05, 0) is 65.6 Å². The van der Waals surface area contributed by atoms with Crippen LogP contribution in [0.15, 0.2) is 95.9 Å². The number of sulfonamides is 1. The number of nitrogens with zero attached hydrogens (tertiary/aromatic N) is 1. The first-order valence-electron chi connectivity index (χ1n) is 10.8. The highest BCUT2D eigenvalue weighted by molar-refractivity contribution is 7.92. The average Bonchev–Trinajstić information content (AvgIpc) is 2.83. The molecule has 1 unspecified atom stereocenters. The van der Waals surface area contributed by atoms with Gasteiger partial charge in [-0.2, -0.15) is 0 Å². The second-order valence-corrected chi connectivity index (χ2v) is 9.87. The second kappa shape index (κ2) is 7.98. The van der Waals surface area contributed by atoms with E-state index in [1.807, 2.05) is 61.5 Å². The van der Waals surface area contributed by atoms with E-state index in [4.69, 9.17) is 0 Å². The summed E-state index contributed by atoms with van der Waals surface area (Å²) in [6, 6.07) is 25.8. The molecule has 0 spiro atoms. The van der Waals surface area contributed by atoms with Crippen LogP contribution in [0.25, 0.3) is 22.3 Å². The van der Waals surface area contributed by atoms with Crippen LogP contribution < -0.4 is 4.31 Å². The highest BCUT2D eigenvalue weighted by Crippen LogP contribution is 2.49. The normalized spacial score (nSPS) is 15.1. The maximum Gasteiger partial charge on any atom is 0.264 e. The lowest BCUT2D eigenvalue weighted by Crippen LogP contribution is -2.37. The van der Waals surface area contributed by atoms with Crippen LogP contribution in [0.3, 0.4) is 0 Å². The molecule has 1 heterocycles. The van der Waals surface area contributed by atoms with Crippen molar-refractivity contribution < 1.29 is 18.6 Å². The Balaban J connectivity index is 1.76. The fraction of sp³-hybridized carbons (Fsp3) is 0.111. The molecule has 33 heavy (non-hydrogen) atoms. The SMILES string of the molecule is CCC1c2ccccc2-c2cc(-c3ccccc3O)ccc2N1S(=O)(=O)c1ccc(O)cc1. The topological polar surface area (TPSA) is 77.8 Å². The van der Waals surface area contributed by atoms with Crippen molar-refractivity contribution in [3.63, 3.8) is 0 Å². The minimum absolute atomic E-state index is 0.0118. The lowest BCUT2D eigenvalue weighted by molar-refractivity contribution is 0.474. The summed E-state index contributed by atoms with van der Waals surface area (Å²) >= 11 is 0. The Kier molecular flexibility index (Phi) is 5.10. The molecule has 0 aliphatic carbocycles. The second-order valence-electron chi connectivity index (χ2n) is 8.06. The van der Waals surface area contributed by atoms with E-state index in [0.29, 0.717) is 17.7 Å². The van der Waals surface area contributed by atoms with Gasteiger partial charge in [-0.15, -0.1) is 0 Å². The van der Waals surface area contributed by atoms with E-state index < -0.39 is 10.0 Å². The van der Waals surface area contributed by atoms with Crippen LogP contribution >= 0.6 is 0 Å². The zero-order valence-corrected chi connectivity index (χ0v) is 18.8. The van der Waals surface area contributed by atoms with Gasteiger partial charge >= 0.3 is 0 Å². The maximum absolute atomic E-state index is 13.9. The summed E-state index contributed by atoms with van der Waals surface area (Å²) < 4.78 is 29.2. The van der Waals surface area contributed by atoms with Crippen LogP contribution in [0.4, 0.5) is 5.69 Å². The molecule has 0 radical (unpaired) electrons. The van der Waals surface area contributed by atoms with E-state index in [9.17, 15) is 18.6 Å². The fourth-order valence-corrected chi connectivity index (χ4v) is 6.29. The molecule has 0 saturated heterocycles. The molecule has 1 aliphatic heterocycles. The number of para-hydroxylation sites is 1. The van der Waals surface area contributed by atoms with E-state index in [2.05, 4.69) is 0 Å². The molecule has 0 amide bonds. The summed E-state index contributed by atoms with van der Waals surface area (Å²) in [5, 5.41) is 20.0. The maximum atomic E-state index is 13.9. The van der Waals surface area contributed by atoms with Gasteiger partial charge in [-0.1, -0.05) is 55.5 Å². The third kappa shape index (κ3) is 3.43. The number of hydrogen-bond donors (Lipinski definition) is 2. The number of hydrogen-bond acceptors (Lipinski definition) is 4. The van der Waals surface area contributed by atoms with Crippen molar-refractivity contribution in [3.05, 3.63) is 96.6 Å². The standard InChI is InChI=1S/C27H23NO4S/c1-2-25-23-9-4-3-8-22(23)24-17-18(21-7-5-6-10-27(21)30)11-16-26(24)28(25)33(31,32)20-14-12-19(29)13-15-20/h3-17,25,29-30H,2H2,1H3. The van der Waals surface area contributed by atoms with Crippen LogP contribution in [0.2, 0.25) is 0 Å². The largest absolute Gasteiger partial charge is 0.508 e. The van der Waals surface area contributed by atoms with Gasteiger partial charge in [0.25, 0.3) is 10.0 Å². The Morgan fingerprint density at radius 2 is 1.45 bits per heavy atom. The summed E-state index contributed by atoms with van der Waals surface area (Å²) in [4.78, 5) is 0.119. The van der Waals surface area contributed by atoms with Crippen molar-refractivity contribution in [1.82, 2.24) is 0 Å². The van der Waals surface area contributed by atoms with Crippen molar-refractivity contribution in [1.29, 1.82) is 0 Å². The molecule has 5 nitrogen and oxygen atoms in total. The molecule has 166 valence electrons. The van der Waals surface area contributed by atoms with Gasteiger partial charge in [0.15, 0.2) is 0 Å². The summed E-state index contributed by atoms with van der Waals surface area (Å²) in [5.74, 6) is 0.180. The van der Waals surface area contributed by atoms with E-state index in [0.717, 1.165) is 22.3 Å². The molecule has 0 fully saturated rings. The molecular formula is C27H23NO4S. The molecule has 0 bridgehead atoms. The predicted octanol–water partition coefficient (Wildman–Crippen LogP) is 6.09. The third-order valence-corrected chi connectivity index (χ3v) is 7.96. The Labute approximate surface area is 193 Å². The Hall–Kier alpha value is -3.77. The van der Waals surface area contributed by atoms with E-state index in [1.165, 1.54) is 28.6 Å². The number of phenols is 2. The van der Waals surface area contributed by atoms with Crippen LogP contribution in [-0.4, -0.2) is 18.6 Å². The molecular weight excluding hydrogens is 434 g/mol. The van der Waals surface area contributed by atoms with Crippen molar-refractivity contribution in [2.75, 3.05) is 4.31 Å². The zero-order valence-electron chi connectivity index (χ0n) is 18.0. The minimum Gasteiger partial charge on any atom is -0.508 e. The first kappa shape index (κ1) is 21.1. The highest BCUT2D eigenvalue weighted by Gasteiger charge is 2.38. The summed E-state index contributed by atoms with van der Waals surface area (Å²) in [6.07, 6.45) is 0.592. The summed E-state index contributed by atoms with van der Waals surface area (Å²) in [5.41, 5.74) is 4.78. The number of fused-ring (bicyclic) bond motifs is 3. The third-order valence-electron chi connectivity index (χ3n) is 6.12. The van der Waals surface area contributed by atoms with Gasteiger partial charge in [0.05, 0.1) is 16.6 Å². The zero-order chi connectivity index (χ0) is 23.2. The molecule has 6 heteroatoms. The van der Waals surface area contributed by atoms with Gasteiger partial charge in [0, 0.05) is 11.1 Å². The summed E-state index contributed by atoms with van der Waals surface area (Å²) in [7, 11) is -3.91. The molecule has 4 aromatic rings. The van der Waals surface area contributed by atoms with E-state index in [-0.39, 0.29) is 22.4 Å². The Bertz CT molecular complexity index is 1450. The van der Waals surface area contributed by atoms with Crippen LogP contribution in [0, 0.1) is 0 Å².